The molecule has 1 rings (SSSR count). The molecule has 0 radical (unpaired) electrons. The van der Waals surface area contributed by atoms with Crippen molar-refractivity contribution < 1.29 is 49.8 Å². The molecule has 0 fully saturated rings. The van der Waals surface area contributed by atoms with E-state index in [-0.39, 0.29) is 0 Å². The number of carboxylic acid groups (broad SMARTS) is 2. The Kier molecular flexibility index (Phi) is 20.5. The Labute approximate surface area is 189 Å². The molecule has 0 spiro atoms. The second kappa shape index (κ2) is 20.6. The summed E-state index contributed by atoms with van der Waals surface area (Å²) >= 11 is 0. The lowest BCUT2D eigenvalue weighted by molar-refractivity contribution is -0.147. The molecule has 10 nitrogen and oxygen atoms in total. The molecule has 0 aliphatic carbocycles. The second-order valence-electron chi connectivity index (χ2n) is 7.43. The minimum Gasteiger partial charge on any atom is -0.505 e. The number of aliphatic carboxylic acids is 2. The van der Waals surface area contributed by atoms with Crippen molar-refractivity contribution in [3.63, 3.8) is 0 Å². The van der Waals surface area contributed by atoms with Gasteiger partial charge in [0, 0.05) is 12.8 Å². The maximum absolute atomic E-state index is 10.5. The highest BCUT2D eigenvalue weighted by Crippen LogP contribution is 2.20. The molecule has 10 heteroatoms. The molecule has 0 aromatic rings. The zero-order valence-corrected chi connectivity index (χ0v) is 19.2. The van der Waals surface area contributed by atoms with Crippen molar-refractivity contribution in [3.05, 3.63) is 11.5 Å². The van der Waals surface area contributed by atoms with E-state index in [0.29, 0.717) is 12.8 Å². The third-order valence-electron chi connectivity index (χ3n) is 4.46. The zero-order chi connectivity index (χ0) is 24.9. The van der Waals surface area contributed by atoms with E-state index in [1.807, 2.05) is 0 Å². The van der Waals surface area contributed by atoms with E-state index in [0.717, 1.165) is 25.7 Å². The quantitative estimate of drug-likeness (QED) is 0.164. The summed E-state index contributed by atoms with van der Waals surface area (Å²) in [5.41, 5.74) is 0. The van der Waals surface area contributed by atoms with Crippen LogP contribution >= 0.6 is 0 Å². The van der Waals surface area contributed by atoms with Gasteiger partial charge < -0.3 is 35.4 Å². The number of ether oxygens (including phenoxy) is 1. The average molecular weight is 465 g/mol. The van der Waals surface area contributed by atoms with Crippen LogP contribution in [-0.4, -0.2) is 67.4 Å². The molecule has 2 atom stereocenters. The third kappa shape index (κ3) is 17.4. The Balaban J connectivity index is 0. The van der Waals surface area contributed by atoms with Gasteiger partial charge in [-0.1, -0.05) is 65.2 Å². The van der Waals surface area contributed by atoms with E-state index in [4.69, 9.17) is 30.6 Å². The third-order valence-corrected chi connectivity index (χ3v) is 4.46. The van der Waals surface area contributed by atoms with Crippen molar-refractivity contribution in [1.82, 2.24) is 0 Å². The fourth-order valence-corrected chi connectivity index (χ4v) is 2.58. The van der Waals surface area contributed by atoms with Crippen LogP contribution in [0.1, 0.15) is 90.9 Å². The van der Waals surface area contributed by atoms with Gasteiger partial charge in [0.2, 0.25) is 5.76 Å². The van der Waals surface area contributed by atoms with Gasteiger partial charge in [-0.3, -0.25) is 9.59 Å². The maximum atomic E-state index is 10.5. The van der Waals surface area contributed by atoms with Crippen molar-refractivity contribution >= 4 is 17.9 Å². The normalized spacial score (nSPS) is 15.8. The molecule has 0 aromatic carbocycles. The van der Waals surface area contributed by atoms with Gasteiger partial charge in [0.05, 0.1) is 6.61 Å². The van der Waals surface area contributed by atoms with Crippen molar-refractivity contribution in [1.29, 1.82) is 0 Å². The number of esters is 1. The van der Waals surface area contributed by atoms with Crippen LogP contribution in [0.25, 0.3) is 0 Å². The fraction of sp³-hybridized carbons (Fsp3) is 0.773. The lowest BCUT2D eigenvalue weighted by Crippen LogP contribution is -2.31. The molecule has 1 heterocycles. The van der Waals surface area contributed by atoms with Crippen molar-refractivity contribution in [2.75, 3.05) is 6.61 Å². The summed E-state index contributed by atoms with van der Waals surface area (Å²) in [6.07, 6.45) is 8.99. The van der Waals surface area contributed by atoms with Crippen LogP contribution < -0.4 is 0 Å². The summed E-state index contributed by atoms with van der Waals surface area (Å²) < 4.78 is 4.32. The van der Waals surface area contributed by atoms with Crippen LogP contribution in [-0.2, 0) is 19.1 Å². The Morgan fingerprint density at radius 1 is 0.844 bits per heavy atom. The molecule has 6 N–H and O–H groups in total. The topological polar surface area (TPSA) is 182 Å². The Morgan fingerprint density at radius 2 is 1.25 bits per heavy atom. The molecule has 0 saturated carbocycles. The summed E-state index contributed by atoms with van der Waals surface area (Å²) in [5.74, 6) is -4.12. The number of carbonyl (C=O) groups excluding carboxylic acids is 1. The summed E-state index contributed by atoms with van der Waals surface area (Å²) in [7, 11) is 0. The summed E-state index contributed by atoms with van der Waals surface area (Å²) in [4.78, 5) is 30.6. The largest absolute Gasteiger partial charge is 0.505 e. The smallest absolute Gasteiger partial charge is 0.377 e. The Hall–Kier alpha value is -2.33. The van der Waals surface area contributed by atoms with Gasteiger partial charge in [-0.2, -0.15) is 0 Å². The molecular formula is C22H40O10. The number of rotatable bonds is 14. The van der Waals surface area contributed by atoms with E-state index in [1.165, 1.54) is 38.5 Å². The SMILES string of the molecule is CCCCCCCC(=O)O.CCCCCCCC(=O)O.O=C1O[C@H]([C@@H](O)CO)C(O)=C1O. The molecule has 0 aromatic heterocycles. The van der Waals surface area contributed by atoms with E-state index in [1.54, 1.807) is 0 Å². The molecule has 0 amide bonds. The van der Waals surface area contributed by atoms with Crippen molar-refractivity contribution in [2.45, 2.75) is 103 Å². The number of unbranched alkanes of at least 4 members (excludes halogenated alkanes) is 8. The molecule has 0 unspecified atom stereocenters. The monoisotopic (exact) mass is 464 g/mol. The minimum absolute atomic E-state index is 0.337. The number of carbonyl (C=O) groups is 3. The summed E-state index contributed by atoms with van der Waals surface area (Å²) in [6, 6.07) is 0. The first kappa shape index (κ1) is 31.9. The van der Waals surface area contributed by atoms with Gasteiger partial charge >= 0.3 is 17.9 Å². The molecule has 1 aliphatic heterocycles. The summed E-state index contributed by atoms with van der Waals surface area (Å²) in [6.45, 7) is 3.63. The van der Waals surface area contributed by atoms with Gasteiger partial charge in [0.15, 0.2) is 11.9 Å². The van der Waals surface area contributed by atoms with Crippen molar-refractivity contribution in [3.8, 4) is 0 Å². The van der Waals surface area contributed by atoms with Crippen LogP contribution in [0.15, 0.2) is 11.5 Å². The first-order chi connectivity index (χ1) is 15.1. The molecular weight excluding hydrogens is 424 g/mol. The van der Waals surface area contributed by atoms with Crippen LogP contribution in [0.5, 0.6) is 0 Å². The number of cyclic esters (lactones) is 1. The van der Waals surface area contributed by atoms with Gasteiger partial charge in [-0.05, 0) is 12.8 Å². The van der Waals surface area contributed by atoms with Crippen LogP contribution in [0.4, 0.5) is 0 Å². The van der Waals surface area contributed by atoms with Crippen LogP contribution in [0.3, 0.4) is 0 Å². The number of hydrogen-bond donors (Lipinski definition) is 6. The number of hydrogen-bond acceptors (Lipinski definition) is 8. The van der Waals surface area contributed by atoms with E-state index in [2.05, 4.69) is 18.6 Å². The lowest BCUT2D eigenvalue weighted by atomic mass is 10.1. The van der Waals surface area contributed by atoms with E-state index in [9.17, 15) is 14.4 Å². The fourth-order valence-electron chi connectivity index (χ4n) is 2.58. The molecule has 188 valence electrons. The summed E-state index contributed by atoms with van der Waals surface area (Å²) in [5, 5.41) is 51.6. The lowest BCUT2D eigenvalue weighted by Gasteiger charge is -2.13. The van der Waals surface area contributed by atoms with Gasteiger partial charge in [0.25, 0.3) is 0 Å². The first-order valence-corrected chi connectivity index (χ1v) is 11.2. The highest BCUT2D eigenvalue weighted by Gasteiger charge is 2.38. The standard InChI is InChI=1S/2C8H16O2.C6H8O6/c2*1-2-3-4-5-6-7-8(9)10;7-1-2(8)5-3(9)4(10)6(11)12-5/h2*2-7H2,1H3,(H,9,10);2,5,7-10H,1H2/t;;2-,5+/m..0/s1. The van der Waals surface area contributed by atoms with E-state index < -0.39 is 48.2 Å². The average Bonchev–Trinajstić information content (AvgIpc) is 3.01. The van der Waals surface area contributed by atoms with Crippen LogP contribution in [0, 0.1) is 0 Å². The molecule has 1 aliphatic rings. The van der Waals surface area contributed by atoms with Gasteiger partial charge in [0.1, 0.15) is 6.10 Å². The van der Waals surface area contributed by atoms with Gasteiger partial charge in [-0.25, -0.2) is 4.79 Å². The Bertz CT molecular complexity index is 535. The van der Waals surface area contributed by atoms with Crippen LogP contribution in [0.2, 0.25) is 0 Å². The Morgan fingerprint density at radius 3 is 1.53 bits per heavy atom. The predicted molar refractivity (Wildman–Crippen MR) is 117 cm³/mol. The minimum atomic E-state index is -1.42. The first-order valence-electron chi connectivity index (χ1n) is 11.2. The number of aliphatic hydroxyl groups excluding tert-OH is 4. The number of aliphatic hydroxyl groups is 4. The molecule has 0 bridgehead atoms. The molecule has 0 saturated heterocycles. The van der Waals surface area contributed by atoms with Crippen molar-refractivity contribution in [2.24, 2.45) is 0 Å². The zero-order valence-electron chi connectivity index (χ0n) is 19.2. The number of carboxylic acids is 2. The predicted octanol–water partition coefficient (Wildman–Crippen LogP) is 3.46. The highest BCUT2D eigenvalue weighted by molar-refractivity contribution is 5.89. The van der Waals surface area contributed by atoms with Gasteiger partial charge in [-0.15, -0.1) is 0 Å². The molecule has 32 heavy (non-hydrogen) atoms. The maximum Gasteiger partial charge on any atom is 0.377 e. The van der Waals surface area contributed by atoms with E-state index >= 15 is 0 Å². The highest BCUT2D eigenvalue weighted by atomic mass is 16.6. The second-order valence-corrected chi connectivity index (χ2v) is 7.43.